The molecule has 0 saturated carbocycles. The standard InChI is InChI=1S/C23H24N2O3/c1-2-3-15-28-19-13-11-18(12-14-19)23(27)24-16-22(26)25-21-10-6-8-17-7-4-5-9-20(17)21/h4-14H,2-3,15-16H2,1H3,(H,24,27)(H,25,26). The summed E-state index contributed by atoms with van der Waals surface area (Å²) < 4.78 is 5.59. The van der Waals surface area contributed by atoms with Crippen LogP contribution in [-0.2, 0) is 4.79 Å². The fraction of sp³-hybridized carbons (Fsp3) is 0.217. The highest BCUT2D eigenvalue weighted by atomic mass is 16.5. The third-order valence-electron chi connectivity index (χ3n) is 4.36. The van der Waals surface area contributed by atoms with Gasteiger partial charge in [-0.2, -0.15) is 0 Å². The molecule has 3 rings (SSSR count). The quantitative estimate of drug-likeness (QED) is 0.573. The monoisotopic (exact) mass is 376 g/mol. The zero-order valence-corrected chi connectivity index (χ0v) is 15.9. The molecule has 5 heteroatoms. The molecule has 5 nitrogen and oxygen atoms in total. The Balaban J connectivity index is 1.53. The van der Waals surface area contributed by atoms with Crippen LogP contribution in [0.15, 0.2) is 66.7 Å². The third-order valence-corrected chi connectivity index (χ3v) is 4.36. The van der Waals surface area contributed by atoms with Crippen molar-refractivity contribution in [1.29, 1.82) is 0 Å². The van der Waals surface area contributed by atoms with E-state index in [-0.39, 0.29) is 18.4 Å². The molecule has 0 aliphatic carbocycles. The van der Waals surface area contributed by atoms with Gasteiger partial charge in [-0.25, -0.2) is 0 Å². The number of benzene rings is 3. The fourth-order valence-electron chi connectivity index (χ4n) is 2.83. The van der Waals surface area contributed by atoms with Crippen LogP contribution >= 0.6 is 0 Å². The predicted octanol–water partition coefficient (Wildman–Crippen LogP) is 4.39. The van der Waals surface area contributed by atoms with Gasteiger partial charge in [-0.15, -0.1) is 0 Å². The van der Waals surface area contributed by atoms with Crippen LogP contribution in [0, 0.1) is 0 Å². The van der Waals surface area contributed by atoms with Crippen molar-refractivity contribution in [2.75, 3.05) is 18.5 Å². The Morgan fingerprint density at radius 1 is 0.929 bits per heavy atom. The molecular formula is C23H24N2O3. The van der Waals surface area contributed by atoms with Gasteiger partial charge in [-0.1, -0.05) is 49.7 Å². The maximum Gasteiger partial charge on any atom is 0.251 e. The molecule has 28 heavy (non-hydrogen) atoms. The molecule has 0 aromatic heterocycles. The fourth-order valence-corrected chi connectivity index (χ4v) is 2.83. The van der Waals surface area contributed by atoms with Crippen molar-refractivity contribution in [2.24, 2.45) is 0 Å². The molecule has 0 heterocycles. The molecule has 0 aliphatic heterocycles. The van der Waals surface area contributed by atoms with E-state index in [0.29, 0.717) is 12.2 Å². The first kappa shape index (κ1) is 19.4. The van der Waals surface area contributed by atoms with Crippen molar-refractivity contribution in [1.82, 2.24) is 5.32 Å². The second kappa shape index (κ2) is 9.55. The van der Waals surface area contributed by atoms with Crippen molar-refractivity contribution in [3.8, 4) is 5.75 Å². The molecule has 0 aliphatic rings. The van der Waals surface area contributed by atoms with Gasteiger partial charge in [0.1, 0.15) is 5.75 Å². The van der Waals surface area contributed by atoms with Crippen molar-refractivity contribution >= 4 is 28.3 Å². The number of hydrogen-bond donors (Lipinski definition) is 2. The van der Waals surface area contributed by atoms with Gasteiger partial charge in [-0.3, -0.25) is 9.59 Å². The Morgan fingerprint density at radius 3 is 2.46 bits per heavy atom. The van der Waals surface area contributed by atoms with Crippen LogP contribution in [0.2, 0.25) is 0 Å². The number of carbonyl (C=O) groups excluding carboxylic acids is 2. The van der Waals surface area contributed by atoms with E-state index in [0.717, 1.165) is 35.1 Å². The van der Waals surface area contributed by atoms with Gasteiger partial charge in [0.2, 0.25) is 5.91 Å². The lowest BCUT2D eigenvalue weighted by molar-refractivity contribution is -0.115. The Kier molecular flexibility index (Phi) is 6.63. The molecule has 2 N–H and O–H groups in total. The number of rotatable bonds is 8. The number of fused-ring (bicyclic) bond motifs is 1. The van der Waals surface area contributed by atoms with Gasteiger partial charge >= 0.3 is 0 Å². The van der Waals surface area contributed by atoms with Crippen molar-refractivity contribution in [3.63, 3.8) is 0 Å². The molecule has 0 fully saturated rings. The molecule has 0 bridgehead atoms. The van der Waals surface area contributed by atoms with Crippen LogP contribution in [0.25, 0.3) is 10.8 Å². The summed E-state index contributed by atoms with van der Waals surface area (Å²) in [5.74, 6) is 0.163. The normalized spacial score (nSPS) is 10.5. The number of nitrogens with one attached hydrogen (secondary N) is 2. The largest absolute Gasteiger partial charge is 0.494 e. The lowest BCUT2D eigenvalue weighted by Gasteiger charge is -2.10. The molecular weight excluding hydrogens is 352 g/mol. The highest BCUT2D eigenvalue weighted by Gasteiger charge is 2.10. The summed E-state index contributed by atoms with van der Waals surface area (Å²) in [6.07, 6.45) is 2.06. The summed E-state index contributed by atoms with van der Waals surface area (Å²) >= 11 is 0. The lowest BCUT2D eigenvalue weighted by Crippen LogP contribution is -2.32. The van der Waals surface area contributed by atoms with Crippen LogP contribution in [0.4, 0.5) is 5.69 Å². The van der Waals surface area contributed by atoms with Gasteiger partial charge in [0, 0.05) is 16.6 Å². The van der Waals surface area contributed by atoms with E-state index in [4.69, 9.17) is 4.74 Å². The lowest BCUT2D eigenvalue weighted by atomic mass is 10.1. The van der Waals surface area contributed by atoms with Crippen LogP contribution < -0.4 is 15.4 Å². The molecule has 0 saturated heterocycles. The van der Waals surface area contributed by atoms with Gasteiger partial charge in [0.15, 0.2) is 0 Å². The van der Waals surface area contributed by atoms with E-state index in [9.17, 15) is 9.59 Å². The first-order valence-corrected chi connectivity index (χ1v) is 9.46. The zero-order valence-electron chi connectivity index (χ0n) is 15.9. The van der Waals surface area contributed by atoms with E-state index in [1.807, 2.05) is 42.5 Å². The highest BCUT2D eigenvalue weighted by Crippen LogP contribution is 2.22. The van der Waals surface area contributed by atoms with E-state index >= 15 is 0 Å². The van der Waals surface area contributed by atoms with Crippen LogP contribution in [0.5, 0.6) is 5.75 Å². The van der Waals surface area contributed by atoms with Crippen LogP contribution in [0.1, 0.15) is 30.1 Å². The Labute approximate surface area is 164 Å². The minimum Gasteiger partial charge on any atom is -0.494 e. The minimum absolute atomic E-state index is 0.100. The van der Waals surface area contributed by atoms with E-state index in [2.05, 4.69) is 17.6 Å². The van der Waals surface area contributed by atoms with Crippen LogP contribution in [0.3, 0.4) is 0 Å². The molecule has 3 aromatic carbocycles. The zero-order chi connectivity index (χ0) is 19.8. The SMILES string of the molecule is CCCCOc1ccc(C(=O)NCC(=O)Nc2cccc3ccccc23)cc1. The number of hydrogen-bond acceptors (Lipinski definition) is 3. The van der Waals surface area contributed by atoms with Crippen molar-refractivity contribution in [2.45, 2.75) is 19.8 Å². The molecule has 3 aromatic rings. The number of amides is 2. The predicted molar refractivity (Wildman–Crippen MR) is 112 cm³/mol. The summed E-state index contributed by atoms with van der Waals surface area (Å²) in [5, 5.41) is 7.51. The van der Waals surface area contributed by atoms with Crippen molar-refractivity contribution in [3.05, 3.63) is 72.3 Å². The summed E-state index contributed by atoms with van der Waals surface area (Å²) in [6.45, 7) is 2.67. The summed E-state index contributed by atoms with van der Waals surface area (Å²) in [5.41, 5.74) is 1.21. The molecule has 0 unspecified atom stereocenters. The molecule has 2 amide bonds. The Hall–Kier alpha value is -3.34. The van der Waals surface area contributed by atoms with Crippen LogP contribution in [-0.4, -0.2) is 25.0 Å². The second-order valence-electron chi connectivity index (χ2n) is 6.48. The average molecular weight is 376 g/mol. The average Bonchev–Trinajstić information content (AvgIpc) is 2.73. The first-order valence-electron chi connectivity index (χ1n) is 9.46. The number of carbonyl (C=O) groups is 2. The Bertz CT molecular complexity index is 946. The molecule has 0 spiro atoms. The minimum atomic E-state index is -0.298. The smallest absolute Gasteiger partial charge is 0.251 e. The topological polar surface area (TPSA) is 67.4 Å². The summed E-state index contributed by atoms with van der Waals surface area (Å²) in [4.78, 5) is 24.5. The summed E-state index contributed by atoms with van der Waals surface area (Å²) in [7, 11) is 0. The molecule has 0 radical (unpaired) electrons. The third kappa shape index (κ3) is 5.10. The van der Waals surface area contributed by atoms with Gasteiger partial charge in [0.25, 0.3) is 5.91 Å². The highest BCUT2D eigenvalue weighted by molar-refractivity contribution is 6.04. The Morgan fingerprint density at radius 2 is 1.68 bits per heavy atom. The van der Waals surface area contributed by atoms with Gasteiger partial charge in [0.05, 0.1) is 13.2 Å². The molecule has 0 atom stereocenters. The van der Waals surface area contributed by atoms with E-state index in [1.165, 1.54) is 0 Å². The number of anilines is 1. The maximum absolute atomic E-state index is 12.3. The first-order chi connectivity index (χ1) is 13.7. The second-order valence-corrected chi connectivity index (χ2v) is 6.48. The van der Waals surface area contributed by atoms with Crippen molar-refractivity contribution < 1.29 is 14.3 Å². The summed E-state index contributed by atoms with van der Waals surface area (Å²) in [6, 6.07) is 20.5. The number of ether oxygens (including phenoxy) is 1. The van der Waals surface area contributed by atoms with Gasteiger partial charge in [-0.05, 0) is 42.1 Å². The molecule has 144 valence electrons. The van der Waals surface area contributed by atoms with E-state index < -0.39 is 0 Å². The maximum atomic E-state index is 12.3. The van der Waals surface area contributed by atoms with Gasteiger partial charge < -0.3 is 15.4 Å². The number of unbranched alkanes of at least 4 members (excludes halogenated alkanes) is 1. The van der Waals surface area contributed by atoms with E-state index in [1.54, 1.807) is 24.3 Å².